The van der Waals surface area contributed by atoms with Crippen LogP contribution in [0.15, 0.2) is 41.2 Å². The Kier molecular flexibility index (Phi) is 5.06. The number of H-pyrrole nitrogens is 1. The van der Waals surface area contributed by atoms with Crippen molar-refractivity contribution < 1.29 is 13.6 Å². The lowest BCUT2D eigenvalue weighted by molar-refractivity contribution is -0.119. The van der Waals surface area contributed by atoms with Crippen molar-refractivity contribution >= 4 is 23.1 Å². The van der Waals surface area contributed by atoms with E-state index >= 15 is 0 Å². The highest BCUT2D eigenvalue weighted by Gasteiger charge is 2.27. The molecule has 146 valence electrons. The number of aromatic nitrogens is 1. The van der Waals surface area contributed by atoms with Crippen LogP contribution in [0.3, 0.4) is 0 Å². The Balaban J connectivity index is 1.77. The number of amides is 1. The van der Waals surface area contributed by atoms with Gasteiger partial charge >= 0.3 is 0 Å². The van der Waals surface area contributed by atoms with Gasteiger partial charge in [-0.1, -0.05) is 35.9 Å². The minimum atomic E-state index is -2.67. The highest BCUT2D eigenvalue weighted by Crippen LogP contribution is 2.38. The minimum absolute atomic E-state index is 0.0363. The number of hydrogen-bond acceptors (Lipinski definition) is 2. The van der Waals surface area contributed by atoms with Crippen molar-refractivity contribution in [2.45, 2.75) is 44.1 Å². The minimum Gasteiger partial charge on any atom is -0.350 e. The third-order valence-corrected chi connectivity index (χ3v) is 5.52. The molecule has 1 saturated heterocycles. The molecule has 1 aliphatic carbocycles. The van der Waals surface area contributed by atoms with Crippen LogP contribution < -0.4 is 10.9 Å². The second-order valence-corrected chi connectivity index (χ2v) is 7.67. The second kappa shape index (κ2) is 7.51. The fraction of sp³-hybridized carbons (Fsp3) is 0.333. The van der Waals surface area contributed by atoms with Crippen LogP contribution in [0.2, 0.25) is 5.02 Å². The molecule has 1 atom stereocenters. The maximum atomic E-state index is 13.0. The number of nitrogens with one attached hydrogen (secondary N) is 2. The van der Waals surface area contributed by atoms with Crippen LogP contribution >= 0.6 is 11.6 Å². The summed E-state index contributed by atoms with van der Waals surface area (Å²) >= 11 is 6.05. The average Bonchev–Trinajstić information content (AvgIpc) is 3.40. The molecule has 2 fully saturated rings. The summed E-state index contributed by atoms with van der Waals surface area (Å²) in [6, 6.07) is 7.78. The highest BCUT2D eigenvalue weighted by atomic mass is 35.5. The molecule has 2 aromatic rings. The van der Waals surface area contributed by atoms with E-state index in [2.05, 4.69) is 10.3 Å². The maximum absolute atomic E-state index is 13.0. The number of alkyl halides is 2. The quantitative estimate of drug-likeness (QED) is 0.767. The Labute approximate surface area is 165 Å². The molecule has 0 bridgehead atoms. The molecular weight excluding hydrogens is 386 g/mol. The van der Waals surface area contributed by atoms with Gasteiger partial charge in [0.15, 0.2) is 0 Å². The van der Waals surface area contributed by atoms with Crippen LogP contribution in [0, 0.1) is 0 Å². The van der Waals surface area contributed by atoms with E-state index in [0.29, 0.717) is 35.6 Å². The highest BCUT2D eigenvalue weighted by molar-refractivity contribution is 6.31. The maximum Gasteiger partial charge on any atom is 0.265 e. The normalized spacial score (nSPS) is 19.9. The van der Waals surface area contributed by atoms with E-state index in [9.17, 15) is 18.4 Å². The average molecular weight is 405 g/mol. The summed E-state index contributed by atoms with van der Waals surface area (Å²) in [5.41, 5.74) is 2.20. The van der Waals surface area contributed by atoms with Gasteiger partial charge in [-0.05, 0) is 42.9 Å². The van der Waals surface area contributed by atoms with Crippen LogP contribution in [0.5, 0.6) is 0 Å². The van der Waals surface area contributed by atoms with E-state index in [4.69, 9.17) is 11.6 Å². The van der Waals surface area contributed by atoms with Gasteiger partial charge in [0.05, 0.1) is 5.02 Å². The fourth-order valence-corrected chi connectivity index (χ4v) is 3.80. The van der Waals surface area contributed by atoms with Gasteiger partial charge in [0.1, 0.15) is 0 Å². The number of carbonyl (C=O) groups excluding carboxylic acids is 1. The van der Waals surface area contributed by atoms with Crippen molar-refractivity contribution in [3.8, 4) is 0 Å². The van der Waals surface area contributed by atoms with Gasteiger partial charge in [-0.25, -0.2) is 8.78 Å². The second-order valence-electron chi connectivity index (χ2n) is 7.26. The third-order valence-electron chi connectivity index (χ3n) is 5.19. The van der Waals surface area contributed by atoms with E-state index in [0.717, 1.165) is 18.4 Å². The molecule has 1 aliphatic heterocycles. The van der Waals surface area contributed by atoms with Crippen molar-refractivity contribution in [2.75, 3.05) is 0 Å². The number of hydrogen-bond donors (Lipinski definition) is 2. The van der Waals surface area contributed by atoms with E-state index < -0.39 is 6.43 Å². The Hall–Kier alpha value is -2.47. The van der Waals surface area contributed by atoms with Crippen LogP contribution in [-0.4, -0.2) is 16.9 Å². The predicted molar refractivity (Wildman–Crippen MR) is 104 cm³/mol. The van der Waals surface area contributed by atoms with E-state index in [1.165, 1.54) is 12.1 Å². The Bertz CT molecular complexity index is 1010. The summed E-state index contributed by atoms with van der Waals surface area (Å²) in [6.45, 7) is 0. The predicted octanol–water partition coefficient (Wildman–Crippen LogP) is 4.55. The Morgan fingerprint density at radius 2 is 1.93 bits per heavy atom. The van der Waals surface area contributed by atoms with Crippen LogP contribution in [0.4, 0.5) is 8.78 Å². The first-order valence-corrected chi connectivity index (χ1v) is 9.63. The molecule has 2 heterocycles. The zero-order chi connectivity index (χ0) is 19.8. The molecule has 2 N–H and O–H groups in total. The number of aromatic amines is 1. The molecule has 1 amide bonds. The summed E-state index contributed by atoms with van der Waals surface area (Å²) in [6.07, 6.45) is 2.28. The largest absolute Gasteiger partial charge is 0.350 e. The standard InChI is InChI=1S/C21H19ClF2N2O2/c22-17-9-12(3-5-15(17)20(23)24)16(10-13-4-8-19(27)25-13)18-7-6-14(11-1-2-11)21(28)26-18/h3,5-7,9-11,13,20H,1-2,4,8H2,(H,25,27)(H,26,28)/t13-/m1/s1. The van der Waals surface area contributed by atoms with E-state index in [-0.39, 0.29) is 28.1 Å². The van der Waals surface area contributed by atoms with Crippen LogP contribution in [-0.2, 0) is 4.79 Å². The number of pyridine rings is 1. The van der Waals surface area contributed by atoms with Crippen molar-refractivity contribution in [2.24, 2.45) is 0 Å². The summed E-state index contributed by atoms with van der Waals surface area (Å²) in [7, 11) is 0. The van der Waals surface area contributed by atoms with Gasteiger partial charge < -0.3 is 10.3 Å². The molecule has 2 aliphatic rings. The molecule has 28 heavy (non-hydrogen) atoms. The van der Waals surface area contributed by atoms with Crippen molar-refractivity contribution in [1.29, 1.82) is 0 Å². The molecule has 1 aromatic heterocycles. The van der Waals surface area contributed by atoms with Gasteiger partial charge in [0.2, 0.25) is 5.91 Å². The van der Waals surface area contributed by atoms with Crippen molar-refractivity contribution in [1.82, 2.24) is 10.3 Å². The molecular formula is C21H19ClF2N2O2. The molecule has 1 saturated carbocycles. The lowest BCUT2D eigenvalue weighted by Gasteiger charge is -2.14. The van der Waals surface area contributed by atoms with Gasteiger partial charge in [-0.2, -0.15) is 0 Å². The van der Waals surface area contributed by atoms with Gasteiger partial charge in [0, 0.05) is 34.9 Å². The SMILES string of the molecule is O=C1CC[C@H](C=C(c2ccc(C(F)F)c(Cl)c2)c2ccc(C3CC3)c(=O)[nH]2)N1. The fourth-order valence-electron chi connectivity index (χ4n) is 3.53. The molecule has 1 aromatic carbocycles. The Morgan fingerprint density at radius 1 is 1.14 bits per heavy atom. The summed E-state index contributed by atoms with van der Waals surface area (Å²) in [5.74, 6) is 0.281. The number of benzene rings is 1. The molecule has 4 nitrogen and oxygen atoms in total. The number of rotatable bonds is 5. The molecule has 7 heteroatoms. The monoisotopic (exact) mass is 404 g/mol. The van der Waals surface area contributed by atoms with E-state index in [1.54, 1.807) is 6.07 Å². The first kappa shape index (κ1) is 18.9. The summed E-state index contributed by atoms with van der Waals surface area (Å²) < 4.78 is 26.1. The smallest absolute Gasteiger partial charge is 0.265 e. The zero-order valence-corrected chi connectivity index (χ0v) is 15.7. The van der Waals surface area contributed by atoms with Gasteiger partial charge in [0.25, 0.3) is 12.0 Å². The number of halogens is 3. The molecule has 0 spiro atoms. The van der Waals surface area contributed by atoms with Gasteiger partial charge in [-0.15, -0.1) is 0 Å². The summed E-state index contributed by atoms with van der Waals surface area (Å²) in [4.78, 5) is 26.9. The van der Waals surface area contributed by atoms with Crippen LogP contribution in [0.25, 0.3) is 5.57 Å². The molecule has 4 rings (SSSR count). The third kappa shape index (κ3) is 3.87. The molecule has 0 radical (unpaired) electrons. The first-order chi connectivity index (χ1) is 13.4. The number of carbonyl (C=O) groups is 1. The lowest BCUT2D eigenvalue weighted by Crippen LogP contribution is -2.23. The van der Waals surface area contributed by atoms with Crippen LogP contribution in [0.1, 0.15) is 60.4 Å². The molecule has 0 unspecified atom stereocenters. The summed E-state index contributed by atoms with van der Waals surface area (Å²) in [5, 5.41) is 2.83. The zero-order valence-electron chi connectivity index (χ0n) is 15.0. The van der Waals surface area contributed by atoms with Gasteiger partial charge in [-0.3, -0.25) is 9.59 Å². The Morgan fingerprint density at radius 3 is 2.50 bits per heavy atom. The van der Waals surface area contributed by atoms with E-state index in [1.807, 2.05) is 18.2 Å². The first-order valence-electron chi connectivity index (χ1n) is 9.25. The lowest BCUT2D eigenvalue weighted by atomic mass is 9.97. The van der Waals surface area contributed by atoms with Crippen molar-refractivity contribution in [3.05, 3.63) is 74.2 Å². The topological polar surface area (TPSA) is 62.0 Å². The van der Waals surface area contributed by atoms with Crippen molar-refractivity contribution in [3.63, 3.8) is 0 Å².